The zero-order valence-corrected chi connectivity index (χ0v) is 18.8. The number of carbonyl (C=O) groups excluding carboxylic acids is 1. The number of hydrogen-bond acceptors (Lipinski definition) is 4. The van der Waals surface area contributed by atoms with E-state index in [-0.39, 0.29) is 10.8 Å². The fourth-order valence-corrected chi connectivity index (χ4v) is 6.06. The Hall–Kier alpha value is -3.68. The van der Waals surface area contributed by atoms with Crippen molar-refractivity contribution in [3.05, 3.63) is 111 Å². The number of halogens is 1. The largest absolute Gasteiger partial charge is 0.361 e. The number of rotatable bonds is 4. The van der Waals surface area contributed by atoms with Crippen LogP contribution in [0.5, 0.6) is 0 Å². The summed E-state index contributed by atoms with van der Waals surface area (Å²) in [7, 11) is 0. The zero-order valence-electron chi connectivity index (χ0n) is 18.0. The number of carbonyl (C=O) groups is 1. The highest BCUT2D eigenvalue weighted by atomic mass is 35.5. The first kappa shape index (κ1) is 20.9. The second kappa shape index (κ2) is 7.68. The molecule has 3 aromatic carbocycles. The van der Waals surface area contributed by atoms with Gasteiger partial charge in [-0.05, 0) is 35.7 Å². The molecule has 2 aliphatic heterocycles. The van der Waals surface area contributed by atoms with E-state index >= 15 is 0 Å². The number of aromatic nitrogens is 1. The minimum atomic E-state index is -1.31. The summed E-state index contributed by atoms with van der Waals surface area (Å²) in [6, 6.07) is 20.6. The fraction of sp³-hybridized carbons (Fsp3) is 0.192. The molecule has 1 saturated heterocycles. The van der Waals surface area contributed by atoms with E-state index in [1.807, 2.05) is 54.7 Å². The summed E-state index contributed by atoms with van der Waals surface area (Å²) in [6.07, 6.45) is 2.27. The van der Waals surface area contributed by atoms with E-state index in [0.29, 0.717) is 28.3 Å². The number of aromatic amines is 1. The molecule has 4 atom stereocenters. The van der Waals surface area contributed by atoms with Crippen molar-refractivity contribution >= 4 is 34.1 Å². The minimum Gasteiger partial charge on any atom is -0.361 e. The smallest absolute Gasteiger partial charge is 0.250 e. The summed E-state index contributed by atoms with van der Waals surface area (Å²) in [6.45, 7) is 0. The normalized spacial score (nSPS) is 25.6. The van der Waals surface area contributed by atoms with E-state index in [4.69, 9.17) is 11.6 Å². The highest BCUT2D eigenvalue weighted by molar-refractivity contribution is 6.31. The summed E-state index contributed by atoms with van der Waals surface area (Å²) in [5.74, 6) is -1.10. The van der Waals surface area contributed by atoms with Crippen molar-refractivity contribution in [3.8, 4) is 0 Å². The van der Waals surface area contributed by atoms with Gasteiger partial charge in [-0.15, -0.1) is 0 Å². The Kier molecular flexibility index (Phi) is 4.72. The molecular formula is C26H21ClN4O3. The van der Waals surface area contributed by atoms with Crippen LogP contribution in [0.1, 0.15) is 22.6 Å². The summed E-state index contributed by atoms with van der Waals surface area (Å²) >= 11 is 6.59. The molecule has 8 heteroatoms. The first-order chi connectivity index (χ1) is 16.5. The molecule has 1 spiro atoms. The highest BCUT2D eigenvalue weighted by Crippen LogP contribution is 2.53. The zero-order chi connectivity index (χ0) is 23.4. The van der Waals surface area contributed by atoms with Crippen molar-refractivity contribution in [1.82, 2.24) is 10.3 Å². The van der Waals surface area contributed by atoms with Gasteiger partial charge in [-0.25, -0.2) is 0 Å². The van der Waals surface area contributed by atoms with Crippen molar-refractivity contribution in [1.29, 1.82) is 0 Å². The fourth-order valence-electron chi connectivity index (χ4n) is 5.81. The van der Waals surface area contributed by atoms with Gasteiger partial charge in [0.25, 0.3) is 0 Å². The molecule has 0 bridgehead atoms. The van der Waals surface area contributed by atoms with Crippen molar-refractivity contribution in [2.24, 2.45) is 0 Å². The quantitative estimate of drug-likeness (QED) is 0.298. The lowest BCUT2D eigenvalue weighted by atomic mass is 9.74. The maximum absolute atomic E-state index is 13.6. The number of nitro groups is 1. The number of H-pyrrole nitrogens is 1. The third-order valence-corrected chi connectivity index (χ3v) is 7.53. The number of fused-ring (bicyclic) bond motifs is 3. The molecule has 34 heavy (non-hydrogen) atoms. The van der Waals surface area contributed by atoms with Crippen molar-refractivity contribution < 1.29 is 9.72 Å². The van der Waals surface area contributed by atoms with Gasteiger partial charge in [0.15, 0.2) is 0 Å². The van der Waals surface area contributed by atoms with Gasteiger partial charge in [0.1, 0.15) is 5.54 Å². The first-order valence-corrected chi connectivity index (χ1v) is 11.5. The lowest BCUT2D eigenvalue weighted by molar-refractivity contribution is -0.526. The van der Waals surface area contributed by atoms with Gasteiger partial charge in [-0.1, -0.05) is 66.2 Å². The van der Waals surface area contributed by atoms with E-state index in [1.165, 1.54) is 0 Å². The second-order valence-corrected chi connectivity index (χ2v) is 9.30. The predicted molar refractivity (Wildman–Crippen MR) is 131 cm³/mol. The van der Waals surface area contributed by atoms with Crippen LogP contribution in [0, 0.1) is 10.1 Å². The predicted octanol–water partition coefficient (Wildman–Crippen LogP) is 4.61. The topological polar surface area (TPSA) is 100 Å². The Morgan fingerprint density at radius 3 is 2.56 bits per heavy atom. The number of nitrogens with zero attached hydrogens (tertiary/aromatic N) is 1. The molecule has 1 aromatic heterocycles. The van der Waals surface area contributed by atoms with Crippen LogP contribution < -0.4 is 10.6 Å². The molecule has 3 N–H and O–H groups in total. The molecule has 3 heterocycles. The van der Waals surface area contributed by atoms with Crippen LogP contribution in [-0.2, 0) is 16.8 Å². The lowest BCUT2D eigenvalue weighted by Gasteiger charge is -2.30. The van der Waals surface area contributed by atoms with E-state index < -0.39 is 23.5 Å². The molecule has 0 unspecified atom stereocenters. The van der Waals surface area contributed by atoms with E-state index in [2.05, 4.69) is 15.6 Å². The monoisotopic (exact) mass is 472 g/mol. The summed E-state index contributed by atoms with van der Waals surface area (Å²) in [4.78, 5) is 29.3. The van der Waals surface area contributed by atoms with Gasteiger partial charge in [0.05, 0.1) is 12.0 Å². The van der Waals surface area contributed by atoms with Gasteiger partial charge in [0.2, 0.25) is 11.9 Å². The summed E-state index contributed by atoms with van der Waals surface area (Å²) in [5.41, 5.74) is 2.57. The van der Waals surface area contributed by atoms with E-state index in [9.17, 15) is 14.9 Å². The molecule has 2 aliphatic rings. The van der Waals surface area contributed by atoms with Gasteiger partial charge >= 0.3 is 0 Å². The Labute approximate surface area is 200 Å². The highest BCUT2D eigenvalue weighted by Gasteiger charge is 2.66. The Balaban J connectivity index is 1.55. The number of para-hydroxylation sites is 2. The van der Waals surface area contributed by atoms with Crippen LogP contribution in [0.25, 0.3) is 10.9 Å². The summed E-state index contributed by atoms with van der Waals surface area (Å²) < 4.78 is 0. The SMILES string of the molecule is O=C1Nc2ccccc2[C@@]12N[C@H](Cc1c[nH]c3ccccc13)[C@@H]([N+](=O)[O-])[C@@H]2c1ccccc1Cl. The number of hydrogen-bond donors (Lipinski definition) is 3. The first-order valence-electron chi connectivity index (χ1n) is 11.1. The average Bonchev–Trinajstić information content (AvgIpc) is 3.48. The number of nitrogens with one attached hydrogen (secondary N) is 3. The molecule has 0 aliphatic carbocycles. The molecule has 0 saturated carbocycles. The number of benzene rings is 3. The number of anilines is 1. The maximum Gasteiger partial charge on any atom is 0.250 e. The molecule has 6 rings (SSSR count). The van der Waals surface area contributed by atoms with Gasteiger partial charge < -0.3 is 10.3 Å². The van der Waals surface area contributed by atoms with Crippen LogP contribution in [0.2, 0.25) is 5.02 Å². The number of amides is 1. The van der Waals surface area contributed by atoms with Gasteiger partial charge in [-0.2, -0.15) is 0 Å². The molecule has 7 nitrogen and oxygen atoms in total. The molecule has 1 fully saturated rings. The Morgan fingerprint density at radius 1 is 1.00 bits per heavy atom. The minimum absolute atomic E-state index is 0.260. The molecule has 4 aromatic rings. The van der Waals surface area contributed by atoms with Gasteiger partial charge in [-0.3, -0.25) is 20.2 Å². The molecule has 1 amide bonds. The van der Waals surface area contributed by atoms with E-state index in [0.717, 1.165) is 16.5 Å². The third kappa shape index (κ3) is 2.90. The Bertz CT molecular complexity index is 1450. The maximum atomic E-state index is 13.6. The van der Waals surface area contributed by atoms with Crippen molar-refractivity contribution in [3.63, 3.8) is 0 Å². The lowest BCUT2D eigenvalue weighted by Crippen LogP contribution is -2.49. The summed E-state index contributed by atoms with van der Waals surface area (Å²) in [5, 5.41) is 20.5. The van der Waals surface area contributed by atoms with Crippen molar-refractivity contribution in [2.75, 3.05) is 5.32 Å². The van der Waals surface area contributed by atoms with E-state index in [1.54, 1.807) is 24.3 Å². The molecular weight excluding hydrogens is 452 g/mol. The van der Waals surface area contributed by atoms with Crippen LogP contribution in [-0.4, -0.2) is 27.9 Å². The van der Waals surface area contributed by atoms with Crippen LogP contribution in [0.3, 0.4) is 0 Å². The second-order valence-electron chi connectivity index (χ2n) is 8.90. The van der Waals surface area contributed by atoms with Gasteiger partial charge in [0, 0.05) is 38.3 Å². The van der Waals surface area contributed by atoms with Crippen LogP contribution in [0.15, 0.2) is 79.0 Å². The van der Waals surface area contributed by atoms with Crippen molar-refractivity contribution in [2.45, 2.75) is 30.0 Å². The molecule has 0 radical (unpaired) electrons. The Morgan fingerprint density at radius 2 is 1.74 bits per heavy atom. The molecule has 170 valence electrons. The third-order valence-electron chi connectivity index (χ3n) is 7.19. The average molecular weight is 473 g/mol. The standard InChI is InChI=1S/C26H21ClN4O3/c27-19-10-4-1-8-17(19)23-24(31(33)34)22(13-15-14-28-20-11-5-2-7-16(15)20)30-26(23)18-9-3-6-12-21(18)29-25(26)32/h1-12,14,22-24,28,30H,13H2,(H,29,32)/t22-,23+,24-,26+/m1/s1. The van der Waals surface area contributed by atoms with Crippen LogP contribution in [0.4, 0.5) is 5.69 Å². The van der Waals surface area contributed by atoms with Crippen LogP contribution >= 0.6 is 11.6 Å².